The number of aliphatic hydroxyl groups is 1. The molecule has 6 heteroatoms. The molecule has 3 aromatic rings. The normalized spacial score (nSPS) is 10.6. The zero-order valence-electron chi connectivity index (χ0n) is 17.8. The summed E-state index contributed by atoms with van der Waals surface area (Å²) in [7, 11) is 0. The summed E-state index contributed by atoms with van der Waals surface area (Å²) in [6.07, 6.45) is 0. The van der Waals surface area contributed by atoms with Gasteiger partial charge in [0, 0.05) is 0 Å². The van der Waals surface area contributed by atoms with Crippen molar-refractivity contribution in [1.29, 1.82) is 0 Å². The molecule has 164 valence electrons. The van der Waals surface area contributed by atoms with Crippen LogP contribution in [0.5, 0.6) is 23.0 Å². The van der Waals surface area contributed by atoms with Crippen LogP contribution in [0.3, 0.4) is 0 Å². The number of hydrogen-bond acceptors (Lipinski definition) is 5. The topological polar surface area (TPSA) is 57.2 Å². The van der Waals surface area contributed by atoms with Crippen LogP contribution in [0.1, 0.15) is 30.5 Å². The Balaban J connectivity index is 1.74. The molecule has 0 unspecified atom stereocenters. The molecule has 5 nitrogen and oxygen atoms in total. The lowest BCUT2D eigenvalue weighted by molar-refractivity contribution is 0.259. The second kappa shape index (κ2) is 11.5. The first-order chi connectivity index (χ1) is 15.1. The molecular weight excluding hydrogens is 416 g/mol. The van der Waals surface area contributed by atoms with E-state index in [9.17, 15) is 5.11 Å². The molecule has 0 aromatic heterocycles. The first-order valence-electron chi connectivity index (χ1n) is 10.3. The largest absolute Gasteiger partial charge is 0.490 e. The molecule has 3 aromatic carbocycles. The second-order valence-corrected chi connectivity index (χ2v) is 7.18. The van der Waals surface area contributed by atoms with E-state index in [4.69, 9.17) is 30.5 Å². The lowest BCUT2D eigenvalue weighted by Crippen LogP contribution is -2.03. The van der Waals surface area contributed by atoms with Gasteiger partial charge in [0.2, 0.25) is 0 Å². The van der Waals surface area contributed by atoms with Gasteiger partial charge in [-0.3, -0.25) is 0 Å². The highest BCUT2D eigenvalue weighted by Crippen LogP contribution is 2.38. The molecule has 31 heavy (non-hydrogen) atoms. The Morgan fingerprint density at radius 1 is 0.677 bits per heavy atom. The van der Waals surface area contributed by atoms with Crippen LogP contribution in [0.2, 0.25) is 5.02 Å². The predicted octanol–water partition coefficient (Wildman–Crippen LogP) is 5.79. The lowest BCUT2D eigenvalue weighted by Gasteiger charge is -2.16. The van der Waals surface area contributed by atoms with E-state index in [2.05, 4.69) is 0 Å². The quantitative estimate of drug-likeness (QED) is 0.407. The second-order valence-electron chi connectivity index (χ2n) is 6.77. The molecule has 0 amide bonds. The van der Waals surface area contributed by atoms with Gasteiger partial charge in [0.25, 0.3) is 0 Å². The fourth-order valence-electron chi connectivity index (χ4n) is 3.04. The van der Waals surface area contributed by atoms with E-state index in [0.717, 1.165) is 11.1 Å². The van der Waals surface area contributed by atoms with Crippen LogP contribution < -0.4 is 18.9 Å². The zero-order valence-corrected chi connectivity index (χ0v) is 18.5. The third kappa shape index (κ3) is 6.29. The summed E-state index contributed by atoms with van der Waals surface area (Å²) < 4.78 is 23.3. The van der Waals surface area contributed by atoms with E-state index in [1.807, 2.05) is 62.4 Å². The molecule has 1 N–H and O–H groups in total. The van der Waals surface area contributed by atoms with E-state index in [1.54, 1.807) is 12.1 Å². The maximum Gasteiger partial charge on any atom is 0.180 e. The Labute approximate surface area is 188 Å². The Morgan fingerprint density at radius 2 is 1.35 bits per heavy atom. The first kappa shape index (κ1) is 22.8. The maximum atomic E-state index is 9.40. The molecule has 0 bridgehead atoms. The van der Waals surface area contributed by atoms with Crippen molar-refractivity contribution in [3.8, 4) is 23.0 Å². The smallest absolute Gasteiger partial charge is 0.180 e. The van der Waals surface area contributed by atoms with Crippen molar-refractivity contribution in [3.63, 3.8) is 0 Å². The molecule has 0 aliphatic heterocycles. The van der Waals surface area contributed by atoms with Crippen molar-refractivity contribution in [1.82, 2.24) is 0 Å². The molecule has 3 rings (SSSR count). The average molecular weight is 443 g/mol. The van der Waals surface area contributed by atoms with Crippen LogP contribution in [0.4, 0.5) is 0 Å². The number of aliphatic hydroxyl groups excluding tert-OH is 1. The number of ether oxygens (including phenoxy) is 4. The zero-order chi connectivity index (χ0) is 22.1. The summed E-state index contributed by atoms with van der Waals surface area (Å²) in [6.45, 7) is 5.41. The van der Waals surface area contributed by atoms with Gasteiger partial charge >= 0.3 is 0 Å². The molecule has 0 saturated heterocycles. The minimum atomic E-state index is -0.123. The van der Waals surface area contributed by atoms with E-state index in [0.29, 0.717) is 53.4 Å². The molecule has 0 atom stereocenters. The van der Waals surface area contributed by atoms with Crippen molar-refractivity contribution >= 4 is 11.6 Å². The van der Waals surface area contributed by atoms with E-state index >= 15 is 0 Å². The predicted molar refractivity (Wildman–Crippen MR) is 121 cm³/mol. The Bertz CT molecular complexity index is 975. The minimum Gasteiger partial charge on any atom is -0.490 e. The summed E-state index contributed by atoms with van der Waals surface area (Å²) in [5.41, 5.74) is 2.65. The highest BCUT2D eigenvalue weighted by atomic mass is 35.5. The number of rotatable bonds is 11. The van der Waals surface area contributed by atoms with E-state index in [-0.39, 0.29) is 13.2 Å². The average Bonchev–Trinajstić information content (AvgIpc) is 2.79. The van der Waals surface area contributed by atoms with Crippen molar-refractivity contribution in [2.45, 2.75) is 33.7 Å². The van der Waals surface area contributed by atoms with Crippen LogP contribution in [-0.4, -0.2) is 18.3 Å². The number of benzene rings is 3. The van der Waals surface area contributed by atoms with E-state index in [1.165, 1.54) is 0 Å². The molecule has 0 heterocycles. The Hall–Kier alpha value is -2.89. The fraction of sp³-hybridized carbons (Fsp3) is 0.280. The Kier molecular flexibility index (Phi) is 8.44. The van der Waals surface area contributed by atoms with Gasteiger partial charge in [-0.15, -0.1) is 0 Å². The van der Waals surface area contributed by atoms with Crippen LogP contribution in [0.15, 0.2) is 60.7 Å². The SMILES string of the molecule is CCOc1cc(COc2c(Cl)cc(CO)cc2OCC)ccc1OCc1ccccc1. The molecular formula is C25H27ClO5. The molecule has 0 saturated carbocycles. The van der Waals surface area contributed by atoms with Gasteiger partial charge in [-0.1, -0.05) is 48.0 Å². The molecule has 0 spiro atoms. The molecule has 0 radical (unpaired) electrons. The van der Waals surface area contributed by atoms with Gasteiger partial charge in [0.15, 0.2) is 23.0 Å². The van der Waals surface area contributed by atoms with Crippen LogP contribution in [-0.2, 0) is 19.8 Å². The third-order valence-corrected chi connectivity index (χ3v) is 4.76. The van der Waals surface area contributed by atoms with Crippen LogP contribution in [0, 0.1) is 0 Å². The standard InChI is InChI=1S/C25H27ClO5/c1-3-28-23-13-19(10-11-22(23)30-16-18-8-6-5-7-9-18)17-31-25-21(26)12-20(15-27)14-24(25)29-4-2/h5-14,27H,3-4,15-17H2,1-2H3. The van der Waals surface area contributed by atoms with Gasteiger partial charge in [-0.05, 0) is 54.8 Å². The Morgan fingerprint density at radius 3 is 2.06 bits per heavy atom. The van der Waals surface area contributed by atoms with Gasteiger partial charge in [-0.25, -0.2) is 0 Å². The highest BCUT2D eigenvalue weighted by molar-refractivity contribution is 6.32. The van der Waals surface area contributed by atoms with E-state index < -0.39 is 0 Å². The fourth-order valence-corrected chi connectivity index (χ4v) is 3.32. The molecule has 0 fully saturated rings. The summed E-state index contributed by atoms with van der Waals surface area (Å²) in [6, 6.07) is 19.1. The van der Waals surface area contributed by atoms with Gasteiger partial charge in [0.05, 0.1) is 24.8 Å². The summed E-state index contributed by atoms with van der Waals surface area (Å²) in [5, 5.41) is 9.79. The molecule has 0 aliphatic carbocycles. The van der Waals surface area contributed by atoms with Crippen LogP contribution >= 0.6 is 11.6 Å². The van der Waals surface area contributed by atoms with Crippen LogP contribution in [0.25, 0.3) is 0 Å². The number of hydrogen-bond donors (Lipinski definition) is 1. The summed E-state index contributed by atoms with van der Waals surface area (Å²) in [4.78, 5) is 0. The monoisotopic (exact) mass is 442 g/mol. The van der Waals surface area contributed by atoms with Crippen molar-refractivity contribution in [2.75, 3.05) is 13.2 Å². The van der Waals surface area contributed by atoms with Gasteiger partial charge < -0.3 is 24.1 Å². The van der Waals surface area contributed by atoms with Crippen molar-refractivity contribution in [3.05, 3.63) is 82.4 Å². The van der Waals surface area contributed by atoms with Crippen molar-refractivity contribution in [2.24, 2.45) is 0 Å². The highest BCUT2D eigenvalue weighted by Gasteiger charge is 2.14. The third-order valence-electron chi connectivity index (χ3n) is 4.48. The van der Waals surface area contributed by atoms with Gasteiger partial charge in [0.1, 0.15) is 13.2 Å². The minimum absolute atomic E-state index is 0.123. The maximum absolute atomic E-state index is 9.40. The number of halogens is 1. The lowest BCUT2D eigenvalue weighted by atomic mass is 10.2. The van der Waals surface area contributed by atoms with Gasteiger partial charge in [-0.2, -0.15) is 0 Å². The summed E-state index contributed by atoms with van der Waals surface area (Å²) >= 11 is 6.36. The summed E-state index contributed by atoms with van der Waals surface area (Å²) in [5.74, 6) is 2.29. The molecule has 0 aliphatic rings. The first-order valence-corrected chi connectivity index (χ1v) is 10.6. The van der Waals surface area contributed by atoms with Crippen molar-refractivity contribution < 1.29 is 24.1 Å².